The normalized spacial score (nSPS) is 11.6. The largest absolute Gasteiger partial charge is 0.497 e. The van der Waals surface area contributed by atoms with E-state index in [4.69, 9.17) is 20.6 Å². The van der Waals surface area contributed by atoms with E-state index in [2.05, 4.69) is 9.69 Å². The number of benzene rings is 2. The molecule has 0 aliphatic heterocycles. The number of rotatable bonds is 9. The lowest BCUT2D eigenvalue weighted by Crippen LogP contribution is -2.43. The van der Waals surface area contributed by atoms with E-state index in [9.17, 15) is 18.8 Å². The van der Waals surface area contributed by atoms with Crippen LogP contribution in [0, 0.1) is 12.7 Å². The molecule has 0 fully saturated rings. The van der Waals surface area contributed by atoms with E-state index in [1.54, 1.807) is 43.3 Å². The van der Waals surface area contributed by atoms with Gasteiger partial charge in [0.15, 0.2) is 11.7 Å². The average molecular weight is 538 g/mol. The van der Waals surface area contributed by atoms with Crippen molar-refractivity contribution in [3.63, 3.8) is 0 Å². The topological polar surface area (TPSA) is 154 Å². The highest BCUT2D eigenvalue weighted by molar-refractivity contribution is 7.09. The van der Waals surface area contributed by atoms with Gasteiger partial charge in [-0.1, -0.05) is 12.1 Å². The van der Waals surface area contributed by atoms with Gasteiger partial charge in [-0.05, 0) is 72.6 Å². The van der Waals surface area contributed by atoms with E-state index >= 15 is 0 Å². The molecule has 1 atom stereocenters. The number of nitrogens with one attached hydrogen (secondary N) is 1. The fourth-order valence-electron chi connectivity index (χ4n) is 3.73. The van der Waals surface area contributed by atoms with Gasteiger partial charge in [-0.15, -0.1) is 0 Å². The minimum absolute atomic E-state index is 0.0640. The van der Waals surface area contributed by atoms with E-state index in [0.29, 0.717) is 34.3 Å². The molecule has 2 aromatic heterocycles. The number of aromatic nitrogens is 1. The molecule has 0 spiro atoms. The first-order valence-corrected chi connectivity index (χ1v) is 12.1. The predicted octanol–water partition coefficient (Wildman–Crippen LogP) is 3.58. The van der Waals surface area contributed by atoms with Crippen LogP contribution in [0.25, 0.3) is 0 Å². The van der Waals surface area contributed by atoms with E-state index in [1.165, 1.54) is 36.3 Å². The lowest BCUT2D eigenvalue weighted by molar-refractivity contribution is -0.123. The Kier molecular flexibility index (Phi) is 7.72. The highest BCUT2D eigenvalue weighted by Crippen LogP contribution is 2.34. The summed E-state index contributed by atoms with van der Waals surface area (Å²) >= 11 is 0.695. The Morgan fingerprint density at radius 1 is 1.11 bits per heavy atom. The van der Waals surface area contributed by atoms with Crippen molar-refractivity contribution in [1.82, 2.24) is 9.69 Å². The summed E-state index contributed by atoms with van der Waals surface area (Å²) in [6.45, 7) is 1.77. The molecule has 2 aromatic carbocycles. The predicted molar refractivity (Wildman–Crippen MR) is 139 cm³/mol. The lowest BCUT2D eigenvalue weighted by Gasteiger charge is -2.29. The van der Waals surface area contributed by atoms with Gasteiger partial charge in [-0.25, -0.2) is 4.39 Å². The molecule has 0 aliphatic rings. The first-order valence-electron chi connectivity index (χ1n) is 11.3. The molecule has 2 heterocycles. The second-order valence-electron chi connectivity index (χ2n) is 8.21. The fraction of sp³-hybridized carbons (Fsp3) is 0.154. The lowest BCUT2D eigenvalue weighted by atomic mass is 10.1. The molecule has 0 aliphatic carbocycles. The Balaban J connectivity index is 1.79. The summed E-state index contributed by atoms with van der Waals surface area (Å²) in [5.41, 5.74) is 11.9. The number of hydrogen-bond acceptors (Lipinski definition) is 8. The summed E-state index contributed by atoms with van der Waals surface area (Å²) in [5, 5.41) is 2.79. The minimum atomic E-state index is -1.29. The number of anilines is 2. The van der Waals surface area contributed by atoms with Gasteiger partial charge in [0.25, 0.3) is 17.7 Å². The summed E-state index contributed by atoms with van der Waals surface area (Å²) in [4.78, 5) is 40.5. The van der Waals surface area contributed by atoms with E-state index in [-0.39, 0.29) is 28.6 Å². The monoisotopic (exact) mass is 537 g/mol. The van der Waals surface area contributed by atoms with Crippen molar-refractivity contribution in [3.8, 4) is 5.75 Å². The van der Waals surface area contributed by atoms with Gasteiger partial charge in [0.05, 0.1) is 12.8 Å². The van der Waals surface area contributed by atoms with Crippen LogP contribution in [0.3, 0.4) is 0 Å². The number of aryl methyl sites for hydroxylation is 1. The Labute approximate surface area is 221 Å². The summed E-state index contributed by atoms with van der Waals surface area (Å²) in [6.07, 6.45) is 0. The smallest absolute Gasteiger partial charge is 0.273 e. The zero-order chi connectivity index (χ0) is 27.4. The second-order valence-corrected chi connectivity index (χ2v) is 8.98. The van der Waals surface area contributed by atoms with Crippen LogP contribution in [0.15, 0.2) is 65.1 Å². The van der Waals surface area contributed by atoms with Crippen LogP contribution < -0.4 is 26.4 Å². The molecule has 0 unspecified atom stereocenters. The molecular formula is C26H24FN5O5S. The Bertz CT molecular complexity index is 1470. The van der Waals surface area contributed by atoms with Gasteiger partial charge in [0, 0.05) is 12.2 Å². The summed E-state index contributed by atoms with van der Waals surface area (Å²) in [6, 6.07) is 14.1. The SMILES string of the molecule is COc1ccc(N(C(=O)c2snc(C(N)=O)c2N)[C@@H](C(=O)NCc2ccc(F)cc2)c2ccc(C)o2)cc1. The summed E-state index contributed by atoms with van der Waals surface area (Å²) in [5.74, 6) is -1.34. The van der Waals surface area contributed by atoms with Crippen molar-refractivity contribution < 1.29 is 27.9 Å². The van der Waals surface area contributed by atoms with Crippen molar-refractivity contribution in [2.75, 3.05) is 17.7 Å². The molecule has 5 N–H and O–H groups in total. The van der Waals surface area contributed by atoms with Gasteiger partial charge in [0.2, 0.25) is 0 Å². The zero-order valence-electron chi connectivity index (χ0n) is 20.4. The van der Waals surface area contributed by atoms with E-state index in [1.807, 2.05) is 0 Å². The van der Waals surface area contributed by atoms with Crippen LogP contribution >= 0.6 is 11.5 Å². The summed E-state index contributed by atoms with van der Waals surface area (Å²) in [7, 11) is 1.50. The maximum absolute atomic E-state index is 14.0. The molecule has 0 bridgehead atoms. The van der Waals surface area contributed by atoms with E-state index in [0.717, 1.165) is 0 Å². The maximum Gasteiger partial charge on any atom is 0.273 e. The van der Waals surface area contributed by atoms with Gasteiger partial charge < -0.3 is 25.9 Å². The molecule has 10 nitrogen and oxygen atoms in total. The van der Waals surface area contributed by atoms with Crippen molar-refractivity contribution >= 4 is 40.6 Å². The van der Waals surface area contributed by atoms with Gasteiger partial charge in [-0.3, -0.25) is 19.3 Å². The number of nitrogens with zero attached hydrogens (tertiary/aromatic N) is 2. The summed E-state index contributed by atoms with van der Waals surface area (Å²) < 4.78 is 28.3. The number of ether oxygens (including phenoxy) is 1. The number of amides is 3. The molecule has 38 heavy (non-hydrogen) atoms. The van der Waals surface area contributed by atoms with Crippen LogP contribution in [0.1, 0.15) is 43.3 Å². The van der Waals surface area contributed by atoms with Crippen molar-refractivity contribution in [3.05, 3.63) is 94.1 Å². The van der Waals surface area contributed by atoms with Crippen LogP contribution in [0.2, 0.25) is 0 Å². The second kappa shape index (κ2) is 11.1. The first-order chi connectivity index (χ1) is 18.2. The number of nitrogens with two attached hydrogens (primary N) is 2. The van der Waals surface area contributed by atoms with Crippen molar-refractivity contribution in [2.24, 2.45) is 5.73 Å². The average Bonchev–Trinajstić information content (AvgIpc) is 3.51. The third-order valence-electron chi connectivity index (χ3n) is 5.64. The van der Waals surface area contributed by atoms with Crippen LogP contribution in [0.4, 0.5) is 15.8 Å². The minimum Gasteiger partial charge on any atom is -0.497 e. The number of nitrogen functional groups attached to an aromatic ring is 1. The molecule has 0 saturated heterocycles. The third kappa shape index (κ3) is 5.49. The van der Waals surface area contributed by atoms with Gasteiger partial charge in [0.1, 0.15) is 28.0 Å². The molecule has 12 heteroatoms. The number of methoxy groups -OCH3 is 1. The van der Waals surface area contributed by atoms with Crippen molar-refractivity contribution in [1.29, 1.82) is 0 Å². The highest BCUT2D eigenvalue weighted by Gasteiger charge is 2.37. The number of hydrogen-bond donors (Lipinski definition) is 3. The first kappa shape index (κ1) is 26.4. The maximum atomic E-state index is 14.0. The molecular weight excluding hydrogens is 513 g/mol. The van der Waals surface area contributed by atoms with Gasteiger partial charge >= 0.3 is 0 Å². The quantitative estimate of drug-likeness (QED) is 0.295. The van der Waals surface area contributed by atoms with Crippen LogP contribution in [-0.4, -0.2) is 29.2 Å². The van der Waals surface area contributed by atoms with Crippen LogP contribution in [0.5, 0.6) is 5.75 Å². The fourth-order valence-corrected chi connectivity index (χ4v) is 4.47. The Hall–Kier alpha value is -4.71. The zero-order valence-corrected chi connectivity index (χ0v) is 21.3. The van der Waals surface area contributed by atoms with Gasteiger partial charge in [-0.2, -0.15) is 4.37 Å². The Morgan fingerprint density at radius 2 is 1.79 bits per heavy atom. The number of primary amides is 1. The standard InChI is InChI=1S/C26H24FN5O5S/c1-14-3-12-19(37-14)22(25(34)30-13-15-4-6-16(27)7-5-15)32(17-8-10-18(36-2)11-9-17)26(35)23-20(28)21(24(29)33)31-38-23/h3-12,22H,13,28H2,1-2H3,(H2,29,33)(H,30,34)/t22-/m1/s1. The molecule has 4 aromatic rings. The molecule has 0 saturated carbocycles. The van der Waals surface area contributed by atoms with E-state index < -0.39 is 29.6 Å². The molecule has 196 valence electrons. The number of carbonyl (C=O) groups excluding carboxylic acids is 3. The van der Waals surface area contributed by atoms with Crippen LogP contribution in [-0.2, 0) is 11.3 Å². The molecule has 3 amide bonds. The number of halogens is 1. The number of carbonyl (C=O) groups is 3. The molecule has 0 radical (unpaired) electrons. The highest BCUT2D eigenvalue weighted by atomic mass is 32.1. The third-order valence-corrected chi connectivity index (χ3v) is 6.49. The number of furan rings is 1. The Morgan fingerprint density at radius 3 is 2.34 bits per heavy atom. The molecule has 4 rings (SSSR count). The van der Waals surface area contributed by atoms with Crippen molar-refractivity contribution in [2.45, 2.75) is 19.5 Å².